The van der Waals surface area contributed by atoms with Crippen LogP contribution in [0.3, 0.4) is 0 Å². The SMILES string of the molecule is [N-]=[N+]=N[C@@H](c1ccccc1)[C@@H](NC(=O)c1ccc([N+](=O)[O-])cc1)c1ccccc1. The topological polar surface area (TPSA) is 121 Å². The van der Waals surface area contributed by atoms with E-state index in [0.717, 1.165) is 11.1 Å². The van der Waals surface area contributed by atoms with Gasteiger partial charge in [0, 0.05) is 22.6 Å². The number of azide groups is 1. The van der Waals surface area contributed by atoms with Crippen LogP contribution in [0.15, 0.2) is 90.0 Å². The van der Waals surface area contributed by atoms with Gasteiger partial charge >= 0.3 is 0 Å². The number of nitro benzene ring substituents is 1. The van der Waals surface area contributed by atoms with E-state index in [-0.39, 0.29) is 11.3 Å². The molecule has 0 saturated carbocycles. The smallest absolute Gasteiger partial charge is 0.269 e. The number of carbonyl (C=O) groups is 1. The maximum atomic E-state index is 12.8. The van der Waals surface area contributed by atoms with Gasteiger partial charge in [0.2, 0.25) is 0 Å². The summed E-state index contributed by atoms with van der Waals surface area (Å²) in [5.41, 5.74) is 10.8. The van der Waals surface area contributed by atoms with Crippen LogP contribution in [0.5, 0.6) is 0 Å². The molecule has 0 bridgehead atoms. The summed E-state index contributed by atoms with van der Waals surface area (Å²) in [7, 11) is 0. The van der Waals surface area contributed by atoms with Crippen molar-refractivity contribution in [3.8, 4) is 0 Å². The molecule has 2 atom stereocenters. The lowest BCUT2D eigenvalue weighted by atomic mass is 9.93. The van der Waals surface area contributed by atoms with Crippen molar-refractivity contribution in [1.29, 1.82) is 0 Å². The average Bonchev–Trinajstić information content (AvgIpc) is 2.77. The zero-order valence-electron chi connectivity index (χ0n) is 15.3. The summed E-state index contributed by atoms with van der Waals surface area (Å²) in [5.74, 6) is -0.428. The molecule has 8 heteroatoms. The molecule has 0 fully saturated rings. The Morgan fingerprint density at radius 2 is 1.48 bits per heavy atom. The van der Waals surface area contributed by atoms with Crippen LogP contribution >= 0.6 is 0 Å². The van der Waals surface area contributed by atoms with Crippen molar-refractivity contribution >= 4 is 11.6 Å². The molecule has 0 saturated heterocycles. The van der Waals surface area contributed by atoms with Crippen molar-refractivity contribution < 1.29 is 9.72 Å². The van der Waals surface area contributed by atoms with Gasteiger partial charge in [-0.3, -0.25) is 14.9 Å². The van der Waals surface area contributed by atoms with Crippen molar-refractivity contribution in [1.82, 2.24) is 5.32 Å². The van der Waals surface area contributed by atoms with E-state index in [1.165, 1.54) is 24.3 Å². The van der Waals surface area contributed by atoms with E-state index >= 15 is 0 Å². The summed E-state index contributed by atoms with van der Waals surface area (Å²) >= 11 is 0. The molecule has 0 aliphatic rings. The van der Waals surface area contributed by atoms with E-state index in [2.05, 4.69) is 15.3 Å². The Kier molecular flexibility index (Phi) is 6.19. The van der Waals surface area contributed by atoms with Crippen LogP contribution in [-0.2, 0) is 0 Å². The first-order chi connectivity index (χ1) is 14.1. The average molecular weight is 387 g/mol. The number of amides is 1. The second kappa shape index (κ2) is 9.16. The van der Waals surface area contributed by atoms with Gasteiger partial charge in [0.25, 0.3) is 11.6 Å². The zero-order chi connectivity index (χ0) is 20.6. The summed E-state index contributed by atoms with van der Waals surface area (Å²) in [6.45, 7) is 0. The van der Waals surface area contributed by atoms with Crippen LogP contribution in [0.1, 0.15) is 33.6 Å². The maximum absolute atomic E-state index is 12.8. The van der Waals surface area contributed by atoms with Gasteiger partial charge in [-0.2, -0.15) is 0 Å². The van der Waals surface area contributed by atoms with Crippen molar-refractivity contribution in [2.24, 2.45) is 5.11 Å². The first-order valence-corrected chi connectivity index (χ1v) is 8.79. The van der Waals surface area contributed by atoms with Crippen LogP contribution in [0.4, 0.5) is 5.69 Å². The molecule has 0 aromatic heterocycles. The summed E-state index contributed by atoms with van der Waals surface area (Å²) < 4.78 is 0. The number of hydrogen-bond acceptors (Lipinski definition) is 4. The van der Waals surface area contributed by atoms with Gasteiger partial charge < -0.3 is 5.32 Å². The summed E-state index contributed by atoms with van der Waals surface area (Å²) in [6.07, 6.45) is 0. The number of nitro groups is 1. The number of rotatable bonds is 7. The molecular formula is C21H17N5O3. The third kappa shape index (κ3) is 4.77. The molecule has 3 aromatic rings. The Balaban J connectivity index is 1.96. The summed E-state index contributed by atoms with van der Waals surface area (Å²) in [5, 5.41) is 17.7. The van der Waals surface area contributed by atoms with E-state index in [9.17, 15) is 14.9 Å². The Labute approximate surface area is 166 Å². The molecule has 0 unspecified atom stereocenters. The van der Waals surface area contributed by atoms with Gasteiger partial charge in [0.15, 0.2) is 0 Å². The number of benzene rings is 3. The predicted octanol–water partition coefficient (Wildman–Crippen LogP) is 5.12. The molecule has 1 amide bonds. The Hall–Kier alpha value is -4.16. The first kappa shape index (κ1) is 19.6. The molecular weight excluding hydrogens is 370 g/mol. The number of nitrogens with zero attached hydrogens (tertiary/aromatic N) is 4. The Morgan fingerprint density at radius 3 is 2.00 bits per heavy atom. The third-order valence-electron chi connectivity index (χ3n) is 4.42. The lowest BCUT2D eigenvalue weighted by Gasteiger charge is -2.26. The lowest BCUT2D eigenvalue weighted by Crippen LogP contribution is -2.32. The zero-order valence-corrected chi connectivity index (χ0v) is 15.3. The van der Waals surface area contributed by atoms with Crippen LogP contribution in [0, 0.1) is 10.1 Å². The summed E-state index contributed by atoms with van der Waals surface area (Å²) in [6, 6.07) is 22.4. The van der Waals surface area contributed by atoms with E-state index in [4.69, 9.17) is 5.53 Å². The second-order valence-electron chi connectivity index (χ2n) is 6.23. The number of hydrogen-bond donors (Lipinski definition) is 1. The molecule has 0 heterocycles. The quantitative estimate of drug-likeness (QED) is 0.199. The van der Waals surface area contributed by atoms with Crippen LogP contribution in [0.25, 0.3) is 10.4 Å². The minimum absolute atomic E-state index is 0.0996. The molecule has 0 aliphatic heterocycles. The molecule has 1 N–H and O–H groups in total. The van der Waals surface area contributed by atoms with Gasteiger partial charge in [0.1, 0.15) is 0 Å². The van der Waals surface area contributed by atoms with Gasteiger partial charge in [-0.15, -0.1) is 0 Å². The van der Waals surface area contributed by atoms with E-state index in [1.807, 2.05) is 60.7 Å². The number of carbonyl (C=O) groups excluding carboxylic acids is 1. The van der Waals surface area contributed by atoms with Gasteiger partial charge in [0.05, 0.1) is 17.0 Å². The largest absolute Gasteiger partial charge is 0.344 e. The molecule has 3 rings (SSSR count). The fourth-order valence-electron chi connectivity index (χ4n) is 3.00. The maximum Gasteiger partial charge on any atom is 0.269 e. The molecule has 3 aromatic carbocycles. The van der Waals surface area contributed by atoms with Crippen molar-refractivity contribution in [3.05, 3.63) is 122 Å². The number of non-ortho nitro benzene ring substituents is 1. The molecule has 0 aliphatic carbocycles. The highest BCUT2D eigenvalue weighted by Gasteiger charge is 2.26. The van der Waals surface area contributed by atoms with Crippen molar-refractivity contribution in [2.75, 3.05) is 0 Å². The van der Waals surface area contributed by atoms with Gasteiger partial charge in [-0.05, 0) is 28.8 Å². The standard InChI is InChI=1S/C21H17N5O3/c22-25-24-20(16-9-5-2-6-10-16)19(15-7-3-1-4-8-15)23-21(27)17-11-13-18(14-12-17)26(28)29/h1-14,19-20H,(H,23,27)/t19-,20-/m0/s1. The Bertz CT molecular complexity index is 1030. The van der Waals surface area contributed by atoms with Crippen molar-refractivity contribution in [3.63, 3.8) is 0 Å². The Morgan fingerprint density at radius 1 is 0.931 bits per heavy atom. The molecule has 0 radical (unpaired) electrons. The number of nitrogens with one attached hydrogen (secondary N) is 1. The molecule has 0 spiro atoms. The monoisotopic (exact) mass is 387 g/mol. The molecule has 29 heavy (non-hydrogen) atoms. The second-order valence-corrected chi connectivity index (χ2v) is 6.23. The van der Waals surface area contributed by atoms with E-state index < -0.39 is 22.9 Å². The van der Waals surface area contributed by atoms with Crippen LogP contribution in [0.2, 0.25) is 0 Å². The third-order valence-corrected chi connectivity index (χ3v) is 4.42. The highest BCUT2D eigenvalue weighted by Crippen LogP contribution is 2.33. The lowest BCUT2D eigenvalue weighted by molar-refractivity contribution is -0.384. The predicted molar refractivity (Wildman–Crippen MR) is 108 cm³/mol. The molecule has 8 nitrogen and oxygen atoms in total. The summed E-state index contributed by atoms with van der Waals surface area (Å²) in [4.78, 5) is 26.1. The van der Waals surface area contributed by atoms with Gasteiger partial charge in [-0.25, -0.2) is 0 Å². The van der Waals surface area contributed by atoms with Crippen LogP contribution in [-0.4, -0.2) is 10.8 Å². The molecule has 144 valence electrons. The van der Waals surface area contributed by atoms with E-state index in [0.29, 0.717) is 0 Å². The highest BCUT2D eigenvalue weighted by atomic mass is 16.6. The van der Waals surface area contributed by atoms with E-state index in [1.54, 1.807) is 0 Å². The first-order valence-electron chi connectivity index (χ1n) is 8.79. The minimum Gasteiger partial charge on any atom is -0.344 e. The van der Waals surface area contributed by atoms with Crippen LogP contribution < -0.4 is 5.32 Å². The highest BCUT2D eigenvalue weighted by molar-refractivity contribution is 5.94. The van der Waals surface area contributed by atoms with Crippen molar-refractivity contribution in [2.45, 2.75) is 12.1 Å². The van der Waals surface area contributed by atoms with Gasteiger partial charge in [-0.1, -0.05) is 65.8 Å². The minimum atomic E-state index is -0.675. The normalized spacial score (nSPS) is 12.3. The fraction of sp³-hybridized carbons (Fsp3) is 0.0952. The fourth-order valence-corrected chi connectivity index (χ4v) is 3.00.